The fraction of sp³-hybridized carbons (Fsp3) is 0.222. The molecule has 2 heterocycles. The van der Waals surface area contributed by atoms with Crippen molar-refractivity contribution in [3.05, 3.63) is 74.9 Å². The lowest BCUT2D eigenvalue weighted by molar-refractivity contribution is 0.0933. The smallest absolute Gasteiger partial charge is 0.272 e. The van der Waals surface area contributed by atoms with Crippen molar-refractivity contribution in [3.8, 4) is 5.69 Å². The fourth-order valence-corrected chi connectivity index (χ4v) is 2.62. The number of aromatic nitrogens is 4. The van der Waals surface area contributed by atoms with Gasteiger partial charge in [-0.3, -0.25) is 14.3 Å². The molecule has 8 heteroatoms. The second-order valence-corrected chi connectivity index (χ2v) is 6.45. The molecule has 0 radical (unpaired) electrons. The molecule has 0 spiro atoms. The Balaban J connectivity index is 1.87. The number of halogens is 1. The second-order valence-electron chi connectivity index (χ2n) is 6.04. The Bertz CT molecular complexity index is 1020. The molecule has 134 valence electrons. The quantitative estimate of drug-likeness (QED) is 0.763. The molecule has 3 aromatic rings. The van der Waals surface area contributed by atoms with Gasteiger partial charge in [0.2, 0.25) is 0 Å². The third kappa shape index (κ3) is 3.67. The number of carbonyl (C=O) groups excluding carboxylic acids is 1. The first-order valence-corrected chi connectivity index (χ1v) is 8.39. The Morgan fingerprint density at radius 1 is 1.27 bits per heavy atom. The lowest BCUT2D eigenvalue weighted by atomic mass is 10.2. The Hall–Kier alpha value is -2.93. The molecule has 0 unspecified atom stereocenters. The average molecular weight is 372 g/mol. The van der Waals surface area contributed by atoms with Gasteiger partial charge in [-0.1, -0.05) is 17.7 Å². The molecule has 1 N–H and O–H groups in total. The molecule has 1 aromatic carbocycles. The van der Waals surface area contributed by atoms with Gasteiger partial charge in [0, 0.05) is 29.9 Å². The normalized spacial score (nSPS) is 12.0. The molecule has 7 nitrogen and oxygen atoms in total. The Kier molecular flexibility index (Phi) is 4.90. The fourth-order valence-electron chi connectivity index (χ4n) is 2.45. The Morgan fingerprint density at radius 3 is 2.69 bits per heavy atom. The van der Waals surface area contributed by atoms with Gasteiger partial charge < -0.3 is 5.32 Å². The van der Waals surface area contributed by atoms with E-state index in [-0.39, 0.29) is 23.2 Å². The van der Waals surface area contributed by atoms with E-state index < -0.39 is 0 Å². The van der Waals surface area contributed by atoms with Crippen LogP contribution in [0.3, 0.4) is 0 Å². The Morgan fingerprint density at radius 2 is 2.04 bits per heavy atom. The van der Waals surface area contributed by atoms with Crippen LogP contribution in [-0.2, 0) is 7.05 Å². The molecular formula is C18H18ClN5O2. The van der Waals surface area contributed by atoms with Crippen LogP contribution in [0.5, 0.6) is 0 Å². The molecular weight excluding hydrogens is 354 g/mol. The van der Waals surface area contributed by atoms with Crippen LogP contribution in [0.25, 0.3) is 5.69 Å². The summed E-state index contributed by atoms with van der Waals surface area (Å²) >= 11 is 6.13. The van der Waals surface area contributed by atoms with E-state index >= 15 is 0 Å². The van der Waals surface area contributed by atoms with Crippen molar-refractivity contribution in [3.63, 3.8) is 0 Å². The van der Waals surface area contributed by atoms with Gasteiger partial charge in [-0.15, -0.1) is 0 Å². The topological polar surface area (TPSA) is 81.8 Å². The highest BCUT2D eigenvalue weighted by Crippen LogP contribution is 2.18. The monoisotopic (exact) mass is 371 g/mol. The number of rotatable bonds is 4. The predicted octanol–water partition coefficient (Wildman–Crippen LogP) is 2.42. The molecule has 0 saturated heterocycles. The zero-order valence-electron chi connectivity index (χ0n) is 14.6. The lowest BCUT2D eigenvalue weighted by Crippen LogP contribution is -2.30. The van der Waals surface area contributed by atoms with Gasteiger partial charge in [0.05, 0.1) is 17.9 Å². The number of carbonyl (C=O) groups is 1. The first-order chi connectivity index (χ1) is 12.3. The molecule has 0 aliphatic heterocycles. The molecule has 1 atom stereocenters. The maximum Gasteiger partial charge on any atom is 0.272 e. The van der Waals surface area contributed by atoms with Crippen molar-refractivity contribution in [2.24, 2.45) is 7.05 Å². The van der Waals surface area contributed by atoms with E-state index in [2.05, 4.69) is 15.5 Å². The third-order valence-electron chi connectivity index (χ3n) is 4.01. The van der Waals surface area contributed by atoms with Gasteiger partial charge in [-0.2, -0.15) is 14.9 Å². The highest BCUT2D eigenvalue weighted by molar-refractivity contribution is 6.31. The molecule has 0 saturated carbocycles. The van der Waals surface area contributed by atoms with Crippen LogP contribution in [0, 0.1) is 6.92 Å². The maximum absolute atomic E-state index is 12.5. The number of nitrogens with zero attached hydrogens (tertiary/aromatic N) is 4. The molecule has 26 heavy (non-hydrogen) atoms. The van der Waals surface area contributed by atoms with E-state index in [4.69, 9.17) is 11.6 Å². The number of benzene rings is 1. The van der Waals surface area contributed by atoms with Gasteiger partial charge >= 0.3 is 0 Å². The van der Waals surface area contributed by atoms with Gasteiger partial charge in [0.1, 0.15) is 5.69 Å². The summed E-state index contributed by atoms with van der Waals surface area (Å²) in [6.45, 7) is 3.72. The first kappa shape index (κ1) is 17.9. The van der Waals surface area contributed by atoms with Crippen LogP contribution in [0.15, 0.2) is 47.5 Å². The van der Waals surface area contributed by atoms with Crippen molar-refractivity contribution in [2.45, 2.75) is 19.9 Å². The summed E-state index contributed by atoms with van der Waals surface area (Å²) in [5, 5.41) is 11.6. The third-order valence-corrected chi connectivity index (χ3v) is 4.41. The number of hydrogen-bond donors (Lipinski definition) is 1. The summed E-state index contributed by atoms with van der Waals surface area (Å²) in [6.07, 6.45) is 3.52. The molecule has 0 aliphatic rings. The zero-order chi connectivity index (χ0) is 18.8. The molecule has 0 aliphatic carbocycles. The second kappa shape index (κ2) is 7.13. The minimum Gasteiger partial charge on any atom is -0.344 e. The van der Waals surface area contributed by atoms with Gasteiger partial charge in [-0.25, -0.2) is 0 Å². The van der Waals surface area contributed by atoms with Crippen LogP contribution in [0.1, 0.15) is 34.6 Å². The van der Waals surface area contributed by atoms with Crippen LogP contribution in [-0.4, -0.2) is 25.5 Å². The summed E-state index contributed by atoms with van der Waals surface area (Å²) in [4.78, 5) is 24.7. The Labute approximate surface area is 155 Å². The van der Waals surface area contributed by atoms with Gasteiger partial charge in [-0.05, 0) is 37.6 Å². The van der Waals surface area contributed by atoms with Crippen molar-refractivity contribution in [1.29, 1.82) is 0 Å². The first-order valence-electron chi connectivity index (χ1n) is 8.01. The standard InChI is InChI=1S/C18H18ClN5O2/c1-11-4-5-14(8-15(11)19)24-17(25)7-6-16(22-24)18(26)21-12(2)13-9-20-23(3)10-13/h4-10,12H,1-3H3,(H,21,26)/t12-/m0/s1. The molecule has 0 fully saturated rings. The summed E-state index contributed by atoms with van der Waals surface area (Å²) in [6, 6.07) is 7.64. The number of hydrogen-bond acceptors (Lipinski definition) is 4. The lowest BCUT2D eigenvalue weighted by Gasteiger charge is -2.12. The summed E-state index contributed by atoms with van der Waals surface area (Å²) in [5.41, 5.74) is 2.06. The van der Waals surface area contributed by atoms with Crippen molar-refractivity contribution in [1.82, 2.24) is 24.9 Å². The van der Waals surface area contributed by atoms with E-state index in [0.29, 0.717) is 10.7 Å². The molecule has 0 bridgehead atoms. The number of aryl methyl sites for hydroxylation is 2. The van der Waals surface area contributed by atoms with Crippen LogP contribution in [0.2, 0.25) is 5.02 Å². The summed E-state index contributed by atoms with van der Waals surface area (Å²) < 4.78 is 2.83. The largest absolute Gasteiger partial charge is 0.344 e. The highest BCUT2D eigenvalue weighted by atomic mass is 35.5. The van der Waals surface area contributed by atoms with E-state index in [1.54, 1.807) is 29.1 Å². The summed E-state index contributed by atoms with van der Waals surface area (Å²) in [7, 11) is 1.81. The van der Waals surface area contributed by atoms with Crippen molar-refractivity contribution < 1.29 is 4.79 Å². The minimum absolute atomic E-state index is 0.136. The van der Waals surface area contributed by atoms with E-state index in [1.165, 1.54) is 12.1 Å². The predicted molar refractivity (Wildman–Crippen MR) is 98.7 cm³/mol. The SMILES string of the molecule is Cc1ccc(-n2nc(C(=O)N[C@@H](C)c3cnn(C)c3)ccc2=O)cc1Cl. The van der Waals surface area contributed by atoms with E-state index in [9.17, 15) is 9.59 Å². The number of nitrogens with one attached hydrogen (secondary N) is 1. The van der Waals surface area contributed by atoms with Crippen LogP contribution >= 0.6 is 11.6 Å². The van der Waals surface area contributed by atoms with Crippen molar-refractivity contribution in [2.75, 3.05) is 0 Å². The minimum atomic E-state index is -0.381. The molecule has 1 amide bonds. The number of amides is 1. The molecule has 3 rings (SSSR count). The van der Waals surface area contributed by atoms with Crippen LogP contribution in [0.4, 0.5) is 0 Å². The van der Waals surface area contributed by atoms with E-state index in [1.807, 2.05) is 27.1 Å². The average Bonchev–Trinajstić information content (AvgIpc) is 3.04. The zero-order valence-corrected chi connectivity index (χ0v) is 15.4. The van der Waals surface area contributed by atoms with Gasteiger partial charge in [0.15, 0.2) is 0 Å². The van der Waals surface area contributed by atoms with E-state index in [0.717, 1.165) is 15.8 Å². The van der Waals surface area contributed by atoms with Gasteiger partial charge in [0.25, 0.3) is 11.5 Å². The highest BCUT2D eigenvalue weighted by Gasteiger charge is 2.15. The van der Waals surface area contributed by atoms with Crippen LogP contribution < -0.4 is 10.9 Å². The maximum atomic E-state index is 12.5. The molecule has 2 aromatic heterocycles. The van der Waals surface area contributed by atoms with Crippen molar-refractivity contribution >= 4 is 17.5 Å². The summed E-state index contributed by atoms with van der Waals surface area (Å²) in [5.74, 6) is -0.381.